The molecule has 0 aliphatic carbocycles. The number of hydrogen-bond donors (Lipinski definition) is 0. The van der Waals surface area contributed by atoms with Crippen LogP contribution in [0.25, 0.3) is 0 Å². The number of unbranched alkanes of at least 4 members (excludes halogenated alkanes) is 8. The van der Waals surface area contributed by atoms with E-state index in [9.17, 15) is 0 Å². The summed E-state index contributed by atoms with van der Waals surface area (Å²) >= 11 is 12.5. The van der Waals surface area contributed by atoms with Crippen LogP contribution in [0.2, 0.25) is 0 Å². The zero-order chi connectivity index (χ0) is 21.7. The Morgan fingerprint density at radius 1 is 0.828 bits per heavy atom. The molecule has 2 rings (SSSR count). The molecule has 0 amide bonds. The van der Waals surface area contributed by atoms with Crippen LogP contribution >= 0.6 is 59.1 Å². The number of thiophene rings is 1. The van der Waals surface area contributed by atoms with Crippen molar-refractivity contribution in [3.05, 3.63) is 39.6 Å². The predicted molar refractivity (Wildman–Crippen MR) is 144 cm³/mol. The van der Waals surface area contributed by atoms with Crippen LogP contribution in [0.5, 0.6) is 0 Å². The Hall–Kier alpha value is 0.259. The summed E-state index contributed by atoms with van der Waals surface area (Å²) in [6.07, 6.45) is 17.4. The minimum absolute atomic E-state index is 0.595. The first-order chi connectivity index (χ1) is 14.1. The number of rotatable bonds is 8. The quantitative estimate of drug-likeness (QED) is 0.149. The first-order valence-corrected chi connectivity index (χ1v) is 15.4. The van der Waals surface area contributed by atoms with Gasteiger partial charge in [0.25, 0.3) is 0 Å². The van der Waals surface area contributed by atoms with Gasteiger partial charge in [-0.25, -0.2) is 0 Å². The largest absolute Gasteiger partial charge is 0.150 e. The van der Waals surface area contributed by atoms with E-state index in [2.05, 4.69) is 100 Å². The molecule has 0 spiro atoms. The van der Waals surface area contributed by atoms with Crippen molar-refractivity contribution in [2.24, 2.45) is 0 Å². The van der Waals surface area contributed by atoms with Crippen LogP contribution in [0.15, 0.2) is 34.1 Å². The smallest absolute Gasteiger partial charge is 0.0494 e. The van der Waals surface area contributed by atoms with E-state index < -0.39 is 0 Å². The van der Waals surface area contributed by atoms with E-state index in [4.69, 9.17) is 6.42 Å². The van der Waals surface area contributed by atoms with Crippen molar-refractivity contribution in [2.75, 3.05) is 0 Å². The van der Waals surface area contributed by atoms with Crippen molar-refractivity contribution in [2.45, 2.75) is 78.1 Å². The summed E-state index contributed by atoms with van der Waals surface area (Å²) in [6.45, 7) is 4.43. The molecule has 0 fully saturated rings. The second-order valence-electron chi connectivity index (χ2n) is 6.33. The van der Waals surface area contributed by atoms with Crippen molar-refractivity contribution in [1.29, 1.82) is 0 Å². The average molecular weight is 670 g/mol. The molecule has 0 bridgehead atoms. The SMILES string of the molecule is Brc1c[se]cc1Br.C#CCCCCCC.CCCCCCC#Cc1cscc1Br. The van der Waals surface area contributed by atoms with Crippen molar-refractivity contribution in [3.63, 3.8) is 0 Å². The molecule has 0 saturated carbocycles. The van der Waals surface area contributed by atoms with Crippen LogP contribution in [0.4, 0.5) is 0 Å². The zero-order valence-electron chi connectivity index (χ0n) is 17.4. The van der Waals surface area contributed by atoms with Gasteiger partial charge in [-0.3, -0.25) is 0 Å². The molecule has 2 aromatic rings. The van der Waals surface area contributed by atoms with Gasteiger partial charge in [-0.1, -0.05) is 64.2 Å². The molecule has 0 unspecified atom stereocenters. The molecule has 29 heavy (non-hydrogen) atoms. The fraction of sp³-hybridized carbons (Fsp3) is 0.500. The summed E-state index contributed by atoms with van der Waals surface area (Å²) < 4.78 is 3.53. The van der Waals surface area contributed by atoms with E-state index in [0.29, 0.717) is 14.5 Å². The summed E-state index contributed by atoms with van der Waals surface area (Å²) in [5.74, 6) is 9.02. The summed E-state index contributed by atoms with van der Waals surface area (Å²) in [7, 11) is 0. The summed E-state index contributed by atoms with van der Waals surface area (Å²) in [5.41, 5.74) is 1.13. The van der Waals surface area contributed by atoms with Crippen molar-refractivity contribution in [1.82, 2.24) is 0 Å². The molecule has 0 nitrogen and oxygen atoms in total. The molecular weight excluding hydrogens is 639 g/mol. The fourth-order valence-electron chi connectivity index (χ4n) is 2.09. The van der Waals surface area contributed by atoms with Gasteiger partial charge in [0.05, 0.1) is 0 Å². The molecule has 5 heteroatoms. The third-order valence-corrected chi connectivity index (χ3v) is 10.2. The Balaban J connectivity index is 0.000000444. The van der Waals surface area contributed by atoms with Crippen LogP contribution in [-0.4, -0.2) is 14.5 Å². The van der Waals surface area contributed by atoms with Crippen LogP contribution in [0.1, 0.15) is 83.6 Å². The second-order valence-corrected chi connectivity index (χ2v) is 11.2. The molecule has 0 radical (unpaired) electrons. The Labute approximate surface area is 213 Å². The van der Waals surface area contributed by atoms with E-state index in [1.807, 2.05) is 0 Å². The topological polar surface area (TPSA) is 0 Å². The maximum atomic E-state index is 5.06. The normalized spacial score (nSPS) is 9.24. The minimum atomic E-state index is 0.595. The average Bonchev–Trinajstić information content (AvgIpc) is 3.30. The van der Waals surface area contributed by atoms with Gasteiger partial charge in [0, 0.05) is 33.6 Å². The van der Waals surface area contributed by atoms with E-state index in [1.165, 1.54) is 60.3 Å². The Bertz CT molecular complexity index is 715. The minimum Gasteiger partial charge on any atom is -0.150 e. The van der Waals surface area contributed by atoms with E-state index >= 15 is 0 Å². The third kappa shape index (κ3) is 17.6. The third-order valence-electron chi connectivity index (χ3n) is 3.74. The van der Waals surface area contributed by atoms with E-state index in [-0.39, 0.29) is 0 Å². The first-order valence-electron chi connectivity index (χ1n) is 10.1. The van der Waals surface area contributed by atoms with Crippen LogP contribution < -0.4 is 0 Å². The standard InChI is InChI=1S/C12H15BrS.C8H14.C4H2Br2Se/c1-2-3-4-5-6-7-8-11-9-14-10-12(11)13;1-3-5-7-8-6-4-2;5-3-1-7-2-4(3)6/h9-10H,2-6H2,1H3;1H,4-8H2,2H3;1-2H. The molecule has 0 saturated heterocycles. The zero-order valence-corrected chi connectivity index (χ0v) is 24.7. The molecule has 2 aromatic heterocycles. The van der Waals surface area contributed by atoms with Gasteiger partial charge >= 0.3 is 65.2 Å². The molecule has 160 valence electrons. The summed E-state index contributed by atoms with van der Waals surface area (Å²) in [5, 5.41) is 4.16. The first kappa shape index (κ1) is 29.3. The molecule has 0 aliphatic heterocycles. The van der Waals surface area contributed by atoms with E-state index in [0.717, 1.165) is 22.9 Å². The Morgan fingerprint density at radius 3 is 1.83 bits per heavy atom. The van der Waals surface area contributed by atoms with Gasteiger partial charge in [0.2, 0.25) is 0 Å². The van der Waals surface area contributed by atoms with Crippen LogP contribution in [0, 0.1) is 24.2 Å². The monoisotopic (exact) mass is 668 g/mol. The maximum absolute atomic E-state index is 5.06. The van der Waals surface area contributed by atoms with Crippen LogP contribution in [0.3, 0.4) is 0 Å². The number of hydrogen-bond acceptors (Lipinski definition) is 1. The van der Waals surface area contributed by atoms with E-state index in [1.54, 1.807) is 11.3 Å². The maximum Gasteiger partial charge on any atom is 0.0494 e. The molecular formula is C24H31Br3SSe. The van der Waals surface area contributed by atoms with Gasteiger partial charge in [0.1, 0.15) is 0 Å². The van der Waals surface area contributed by atoms with Gasteiger partial charge in [-0.2, -0.15) is 0 Å². The van der Waals surface area contributed by atoms with Crippen molar-refractivity contribution in [3.8, 4) is 24.2 Å². The molecule has 0 N–H and O–H groups in total. The van der Waals surface area contributed by atoms with Gasteiger partial charge in [-0.05, 0) is 28.8 Å². The second kappa shape index (κ2) is 21.5. The molecule has 2 heterocycles. The summed E-state index contributed by atoms with van der Waals surface area (Å²) in [4.78, 5) is 4.36. The Kier molecular flexibility index (Phi) is 21.7. The van der Waals surface area contributed by atoms with Gasteiger partial charge in [-0.15, -0.1) is 23.7 Å². The fourth-order valence-corrected chi connectivity index (χ4v) is 6.62. The van der Waals surface area contributed by atoms with Crippen molar-refractivity contribution >= 4 is 73.6 Å². The van der Waals surface area contributed by atoms with Gasteiger partial charge < -0.3 is 0 Å². The van der Waals surface area contributed by atoms with Crippen LogP contribution in [-0.2, 0) is 0 Å². The summed E-state index contributed by atoms with van der Waals surface area (Å²) in [6, 6.07) is 0. The van der Waals surface area contributed by atoms with Crippen molar-refractivity contribution < 1.29 is 0 Å². The predicted octanol–water partition coefficient (Wildman–Crippen LogP) is 9.69. The molecule has 0 atom stereocenters. The number of halogens is 3. The molecule has 0 aromatic carbocycles. The molecule has 0 aliphatic rings. The number of terminal acetylenes is 1. The van der Waals surface area contributed by atoms with Gasteiger partial charge in [0.15, 0.2) is 0 Å². The Morgan fingerprint density at radius 2 is 1.41 bits per heavy atom.